The van der Waals surface area contributed by atoms with Gasteiger partial charge in [-0.25, -0.2) is 0 Å². The molecule has 33 heavy (non-hydrogen) atoms. The number of aliphatic hydroxyl groups is 2. The van der Waals surface area contributed by atoms with Crippen LogP contribution in [0.2, 0.25) is 0 Å². The van der Waals surface area contributed by atoms with Crippen LogP contribution in [0, 0.1) is 28.1 Å². The van der Waals surface area contributed by atoms with E-state index in [0.29, 0.717) is 12.8 Å². The second-order valence-electron chi connectivity index (χ2n) is 12.8. The largest absolute Gasteiger partial charge is 0.416 e. The fourth-order valence-electron chi connectivity index (χ4n) is 3.42. The van der Waals surface area contributed by atoms with Crippen LogP contribution in [0.1, 0.15) is 108 Å². The first kappa shape index (κ1) is 32.5. The molecule has 2 N–H and O–H groups in total. The lowest BCUT2D eigenvalue weighted by Gasteiger charge is -2.46. The van der Waals surface area contributed by atoms with E-state index in [2.05, 4.69) is 6.42 Å². The highest BCUT2D eigenvalue weighted by atomic mass is 19.4. The van der Waals surface area contributed by atoms with Crippen molar-refractivity contribution >= 4 is 0 Å². The van der Waals surface area contributed by atoms with Gasteiger partial charge in [-0.05, 0) is 80.5 Å². The van der Waals surface area contributed by atoms with Crippen LogP contribution >= 0.6 is 0 Å². The Labute approximate surface area is 196 Å². The van der Waals surface area contributed by atoms with Crippen LogP contribution in [-0.2, 0) is 0 Å². The van der Waals surface area contributed by atoms with Gasteiger partial charge in [0.15, 0.2) is 11.2 Å². The number of rotatable bonds is 12. The summed E-state index contributed by atoms with van der Waals surface area (Å²) < 4.78 is 78.1. The van der Waals surface area contributed by atoms with Crippen molar-refractivity contribution in [2.24, 2.45) is 21.7 Å². The molecule has 0 bridgehead atoms. The molecule has 1 radical (unpaired) electrons. The highest BCUT2D eigenvalue weighted by Crippen LogP contribution is 2.51. The standard InChI is InChI=1S/C25H45F6O2/c1-18(2,20(5,6)14-16-22(9,32)24(26,27)28)12-11-13-19(3,4)21(7,8)15-17-23(10,33)25(29,30)31/h11,32-33H,12-17H2,1-10H3. The van der Waals surface area contributed by atoms with E-state index in [9.17, 15) is 36.6 Å². The SMILES string of the molecule is CC(C)(C[CH]CC(C)(C)C(C)(C)CCC(C)(O)C(F)(F)F)C(C)(C)CCC(C)(O)C(F)(F)F. The monoisotopic (exact) mass is 491 g/mol. The normalized spacial score (nSPS) is 18.7. The van der Waals surface area contributed by atoms with E-state index in [4.69, 9.17) is 0 Å². The molecule has 0 aliphatic carbocycles. The molecule has 0 saturated heterocycles. The maximum atomic E-state index is 13.0. The van der Waals surface area contributed by atoms with Crippen LogP contribution in [0.5, 0.6) is 0 Å². The van der Waals surface area contributed by atoms with Crippen molar-refractivity contribution in [3.63, 3.8) is 0 Å². The van der Waals surface area contributed by atoms with Crippen molar-refractivity contribution in [1.82, 2.24) is 0 Å². The first-order valence-electron chi connectivity index (χ1n) is 11.5. The van der Waals surface area contributed by atoms with E-state index < -0.39 is 47.2 Å². The second-order valence-corrected chi connectivity index (χ2v) is 12.8. The molecule has 2 atom stereocenters. The zero-order chi connectivity index (χ0) is 26.9. The van der Waals surface area contributed by atoms with E-state index in [0.717, 1.165) is 13.8 Å². The smallest absolute Gasteiger partial charge is 0.381 e. The zero-order valence-corrected chi connectivity index (χ0v) is 22.0. The van der Waals surface area contributed by atoms with Gasteiger partial charge in [0, 0.05) is 0 Å². The van der Waals surface area contributed by atoms with Crippen molar-refractivity contribution in [3.05, 3.63) is 6.42 Å². The van der Waals surface area contributed by atoms with Gasteiger partial charge in [-0.3, -0.25) is 0 Å². The van der Waals surface area contributed by atoms with Crippen molar-refractivity contribution in [2.75, 3.05) is 0 Å². The Morgan fingerprint density at radius 2 is 0.697 bits per heavy atom. The van der Waals surface area contributed by atoms with Crippen LogP contribution in [-0.4, -0.2) is 33.8 Å². The molecule has 0 aromatic carbocycles. The van der Waals surface area contributed by atoms with E-state index in [-0.39, 0.29) is 23.7 Å². The molecule has 0 amide bonds. The molecule has 0 spiro atoms. The summed E-state index contributed by atoms with van der Waals surface area (Å²) in [5, 5.41) is 19.6. The molecule has 0 saturated carbocycles. The molecule has 8 heteroatoms. The fourth-order valence-corrected chi connectivity index (χ4v) is 3.42. The number of hydrogen-bond acceptors (Lipinski definition) is 2. The molecule has 0 rings (SSSR count). The van der Waals surface area contributed by atoms with Crippen LogP contribution < -0.4 is 0 Å². The van der Waals surface area contributed by atoms with Gasteiger partial charge in [-0.2, -0.15) is 26.3 Å². The van der Waals surface area contributed by atoms with E-state index in [1.165, 1.54) is 0 Å². The minimum Gasteiger partial charge on any atom is -0.381 e. The predicted octanol–water partition coefficient (Wildman–Crippen LogP) is 8.26. The molecule has 0 aliphatic heterocycles. The third-order valence-corrected chi connectivity index (χ3v) is 8.67. The Morgan fingerprint density at radius 3 is 0.909 bits per heavy atom. The summed E-state index contributed by atoms with van der Waals surface area (Å²) in [5.41, 5.74) is -7.21. The Kier molecular flexibility index (Phi) is 9.72. The fraction of sp³-hybridized carbons (Fsp3) is 0.960. The molecule has 0 aromatic rings. The number of alkyl halides is 6. The van der Waals surface area contributed by atoms with Crippen molar-refractivity contribution < 1.29 is 36.6 Å². The molecule has 2 nitrogen and oxygen atoms in total. The van der Waals surface area contributed by atoms with Gasteiger partial charge in [-0.15, -0.1) is 0 Å². The Hall–Kier alpha value is -0.500. The summed E-state index contributed by atoms with van der Waals surface area (Å²) in [7, 11) is 0. The predicted molar refractivity (Wildman–Crippen MR) is 120 cm³/mol. The van der Waals surface area contributed by atoms with E-state index in [1.54, 1.807) is 0 Å². The highest BCUT2D eigenvalue weighted by Gasteiger charge is 2.52. The Morgan fingerprint density at radius 1 is 0.455 bits per heavy atom. The lowest BCUT2D eigenvalue weighted by atomic mass is 9.60. The summed E-state index contributed by atoms with van der Waals surface area (Å²) in [5.74, 6) is 0. The summed E-state index contributed by atoms with van der Waals surface area (Å²) in [4.78, 5) is 0. The molecule has 0 fully saturated rings. The first-order chi connectivity index (χ1) is 14.1. The minimum absolute atomic E-state index is 0.182. The molecular weight excluding hydrogens is 446 g/mol. The van der Waals surface area contributed by atoms with Crippen molar-refractivity contribution in [2.45, 2.75) is 131 Å². The average molecular weight is 492 g/mol. The van der Waals surface area contributed by atoms with Gasteiger partial charge in [0.05, 0.1) is 0 Å². The third-order valence-electron chi connectivity index (χ3n) is 8.67. The number of hydrogen-bond donors (Lipinski definition) is 2. The molecule has 199 valence electrons. The van der Waals surface area contributed by atoms with Gasteiger partial charge < -0.3 is 10.2 Å². The minimum atomic E-state index is -4.69. The summed E-state index contributed by atoms with van der Waals surface area (Å²) >= 11 is 0. The Balaban J connectivity index is 5.08. The van der Waals surface area contributed by atoms with Crippen LogP contribution in [0.25, 0.3) is 0 Å². The maximum Gasteiger partial charge on any atom is 0.416 e. The molecule has 0 heterocycles. The highest BCUT2D eigenvalue weighted by molar-refractivity contribution is 4.97. The van der Waals surface area contributed by atoms with Crippen molar-refractivity contribution in [3.8, 4) is 0 Å². The van der Waals surface area contributed by atoms with Crippen LogP contribution in [0.4, 0.5) is 26.3 Å². The second kappa shape index (κ2) is 9.87. The van der Waals surface area contributed by atoms with E-state index in [1.807, 2.05) is 55.4 Å². The van der Waals surface area contributed by atoms with E-state index >= 15 is 0 Å². The molecular formula is C25H45F6O2. The first-order valence-corrected chi connectivity index (χ1v) is 11.5. The van der Waals surface area contributed by atoms with Gasteiger partial charge in [0.25, 0.3) is 0 Å². The van der Waals surface area contributed by atoms with Gasteiger partial charge in [0.2, 0.25) is 0 Å². The summed E-state index contributed by atoms with van der Waals surface area (Å²) in [6, 6.07) is 0. The third kappa shape index (κ3) is 8.29. The van der Waals surface area contributed by atoms with Gasteiger partial charge >= 0.3 is 12.4 Å². The summed E-state index contributed by atoms with van der Waals surface area (Å²) in [6.45, 7) is 17.1. The zero-order valence-electron chi connectivity index (χ0n) is 22.0. The van der Waals surface area contributed by atoms with Crippen LogP contribution in [0.3, 0.4) is 0 Å². The topological polar surface area (TPSA) is 40.5 Å². The summed E-state index contributed by atoms with van der Waals surface area (Å²) in [6.07, 6.45) is -6.54. The number of halogens is 6. The molecule has 2 unspecified atom stereocenters. The quantitative estimate of drug-likeness (QED) is 0.270. The molecule has 0 aromatic heterocycles. The molecule has 0 aliphatic rings. The van der Waals surface area contributed by atoms with Crippen molar-refractivity contribution in [1.29, 1.82) is 0 Å². The lowest BCUT2D eigenvalue weighted by Crippen LogP contribution is -2.44. The van der Waals surface area contributed by atoms with Gasteiger partial charge in [-0.1, -0.05) is 55.4 Å². The average Bonchev–Trinajstić information content (AvgIpc) is 2.56. The lowest BCUT2D eigenvalue weighted by molar-refractivity contribution is -0.257. The van der Waals surface area contributed by atoms with Crippen LogP contribution in [0.15, 0.2) is 0 Å². The van der Waals surface area contributed by atoms with Gasteiger partial charge in [0.1, 0.15) is 0 Å². The Bertz CT molecular complexity index is 572. The maximum absolute atomic E-state index is 13.0.